The molecule has 0 aromatic heterocycles. The van der Waals surface area contributed by atoms with Gasteiger partial charge in [0.15, 0.2) is 11.6 Å². The molecule has 3 N–H and O–H groups in total. The summed E-state index contributed by atoms with van der Waals surface area (Å²) in [4.78, 5) is 11.9. The fourth-order valence-corrected chi connectivity index (χ4v) is 2.02. The zero-order valence-electron chi connectivity index (χ0n) is 12.3. The number of ether oxygens (including phenoxy) is 1. The van der Waals surface area contributed by atoms with Crippen molar-refractivity contribution in [2.24, 2.45) is 5.73 Å². The number of carbonyl (C=O) groups is 1. The summed E-state index contributed by atoms with van der Waals surface area (Å²) in [7, 11) is 1.42. The van der Waals surface area contributed by atoms with E-state index in [1.54, 1.807) is 19.1 Å². The molecule has 0 aliphatic rings. The molecule has 1 rings (SSSR count). The van der Waals surface area contributed by atoms with Crippen LogP contribution in [0, 0.1) is 5.82 Å². The minimum absolute atomic E-state index is 0.173. The first-order chi connectivity index (χ1) is 9.40. The van der Waals surface area contributed by atoms with Crippen molar-refractivity contribution in [2.75, 3.05) is 13.7 Å². The van der Waals surface area contributed by atoms with E-state index in [4.69, 9.17) is 10.5 Å². The molecule has 0 radical (unpaired) electrons. The van der Waals surface area contributed by atoms with Crippen molar-refractivity contribution in [3.05, 3.63) is 29.6 Å². The second-order valence-electron chi connectivity index (χ2n) is 5.14. The first-order valence-electron chi connectivity index (χ1n) is 6.80. The summed E-state index contributed by atoms with van der Waals surface area (Å²) >= 11 is 0. The van der Waals surface area contributed by atoms with E-state index >= 15 is 0 Å². The Balaban J connectivity index is 2.48. The van der Waals surface area contributed by atoms with Gasteiger partial charge in [0.25, 0.3) is 0 Å². The number of rotatable bonds is 7. The van der Waals surface area contributed by atoms with Gasteiger partial charge in [-0.1, -0.05) is 19.4 Å². The molecule has 112 valence electrons. The molecule has 0 saturated carbocycles. The van der Waals surface area contributed by atoms with Gasteiger partial charge in [0.1, 0.15) is 0 Å². The van der Waals surface area contributed by atoms with Crippen LogP contribution in [0.3, 0.4) is 0 Å². The molecule has 0 saturated heterocycles. The predicted molar refractivity (Wildman–Crippen MR) is 77.2 cm³/mol. The van der Waals surface area contributed by atoms with Gasteiger partial charge >= 0.3 is 0 Å². The Hall–Kier alpha value is -1.62. The summed E-state index contributed by atoms with van der Waals surface area (Å²) in [6.45, 7) is 4.14. The molecule has 0 aliphatic carbocycles. The molecule has 0 aliphatic heterocycles. The zero-order valence-corrected chi connectivity index (χ0v) is 12.3. The van der Waals surface area contributed by atoms with Gasteiger partial charge in [-0.05, 0) is 37.5 Å². The van der Waals surface area contributed by atoms with Crippen LogP contribution in [0.2, 0.25) is 0 Å². The third-order valence-corrected chi connectivity index (χ3v) is 3.20. The summed E-state index contributed by atoms with van der Waals surface area (Å²) in [5.41, 5.74) is 5.88. The van der Waals surface area contributed by atoms with E-state index in [-0.39, 0.29) is 11.7 Å². The van der Waals surface area contributed by atoms with E-state index in [9.17, 15) is 9.18 Å². The van der Waals surface area contributed by atoms with Crippen molar-refractivity contribution >= 4 is 5.91 Å². The lowest BCUT2D eigenvalue weighted by molar-refractivity contribution is -0.126. The SMILES string of the molecule is CCCC(C)(N)C(=O)NCCc1ccc(OC)c(F)c1. The van der Waals surface area contributed by atoms with E-state index in [1.807, 2.05) is 6.92 Å². The normalized spacial score (nSPS) is 13.7. The van der Waals surface area contributed by atoms with Crippen LogP contribution >= 0.6 is 0 Å². The monoisotopic (exact) mass is 282 g/mol. The Morgan fingerprint density at radius 1 is 1.50 bits per heavy atom. The number of carbonyl (C=O) groups excluding carboxylic acids is 1. The summed E-state index contributed by atoms with van der Waals surface area (Å²) in [6.07, 6.45) is 2.04. The molecule has 0 spiro atoms. The van der Waals surface area contributed by atoms with Gasteiger partial charge in [0.2, 0.25) is 5.91 Å². The smallest absolute Gasteiger partial charge is 0.239 e. The van der Waals surface area contributed by atoms with Gasteiger partial charge in [0, 0.05) is 6.54 Å². The van der Waals surface area contributed by atoms with Gasteiger partial charge in [-0.15, -0.1) is 0 Å². The average Bonchev–Trinajstić information content (AvgIpc) is 2.38. The number of nitrogens with one attached hydrogen (secondary N) is 1. The molecule has 1 amide bonds. The number of benzene rings is 1. The third-order valence-electron chi connectivity index (χ3n) is 3.20. The molecule has 0 bridgehead atoms. The Bertz CT molecular complexity index is 461. The lowest BCUT2D eigenvalue weighted by Gasteiger charge is -2.22. The highest BCUT2D eigenvalue weighted by Crippen LogP contribution is 2.17. The molecular formula is C15H23FN2O2. The van der Waals surface area contributed by atoms with Crippen LogP contribution in [0.5, 0.6) is 5.75 Å². The first-order valence-corrected chi connectivity index (χ1v) is 6.80. The highest BCUT2D eigenvalue weighted by Gasteiger charge is 2.26. The first kappa shape index (κ1) is 16.4. The van der Waals surface area contributed by atoms with E-state index in [0.717, 1.165) is 12.0 Å². The largest absolute Gasteiger partial charge is 0.494 e. The van der Waals surface area contributed by atoms with Crippen LogP contribution in [0.15, 0.2) is 18.2 Å². The summed E-state index contributed by atoms with van der Waals surface area (Å²) in [5, 5.41) is 2.79. The number of nitrogens with two attached hydrogens (primary N) is 1. The number of methoxy groups -OCH3 is 1. The number of hydrogen-bond acceptors (Lipinski definition) is 3. The molecular weight excluding hydrogens is 259 g/mol. The Morgan fingerprint density at radius 2 is 2.20 bits per heavy atom. The van der Waals surface area contributed by atoms with Crippen molar-refractivity contribution in [2.45, 2.75) is 38.6 Å². The van der Waals surface area contributed by atoms with Crippen LogP contribution in [-0.2, 0) is 11.2 Å². The van der Waals surface area contributed by atoms with E-state index in [0.29, 0.717) is 19.4 Å². The maximum Gasteiger partial charge on any atom is 0.239 e. The van der Waals surface area contributed by atoms with Crippen molar-refractivity contribution in [3.8, 4) is 5.75 Å². The fraction of sp³-hybridized carbons (Fsp3) is 0.533. The maximum atomic E-state index is 13.5. The Kier molecular flexibility index (Phi) is 5.95. The standard InChI is InChI=1S/C15H23FN2O2/c1-4-8-15(2,17)14(19)18-9-7-11-5-6-13(20-3)12(16)10-11/h5-6,10H,4,7-9,17H2,1-3H3,(H,18,19). The zero-order chi connectivity index (χ0) is 15.2. The highest BCUT2D eigenvalue weighted by atomic mass is 19.1. The Labute approximate surface area is 119 Å². The molecule has 1 atom stereocenters. The second kappa shape index (κ2) is 7.24. The molecule has 4 nitrogen and oxygen atoms in total. The van der Waals surface area contributed by atoms with Crippen LogP contribution in [0.1, 0.15) is 32.3 Å². The molecule has 5 heteroatoms. The van der Waals surface area contributed by atoms with E-state index in [2.05, 4.69) is 5.32 Å². The van der Waals surface area contributed by atoms with Crippen LogP contribution < -0.4 is 15.8 Å². The number of hydrogen-bond donors (Lipinski definition) is 2. The van der Waals surface area contributed by atoms with Crippen LogP contribution in [0.4, 0.5) is 4.39 Å². The van der Waals surface area contributed by atoms with E-state index < -0.39 is 11.4 Å². The van der Waals surface area contributed by atoms with Crippen LogP contribution in [0.25, 0.3) is 0 Å². The topological polar surface area (TPSA) is 64.4 Å². The van der Waals surface area contributed by atoms with Crippen molar-refractivity contribution in [3.63, 3.8) is 0 Å². The molecule has 1 aromatic rings. The van der Waals surface area contributed by atoms with Crippen LogP contribution in [-0.4, -0.2) is 25.1 Å². The molecule has 1 aromatic carbocycles. The molecule has 20 heavy (non-hydrogen) atoms. The van der Waals surface area contributed by atoms with Gasteiger partial charge < -0.3 is 15.8 Å². The van der Waals surface area contributed by atoms with Gasteiger partial charge in [0.05, 0.1) is 12.6 Å². The quantitative estimate of drug-likeness (QED) is 0.804. The third kappa shape index (κ3) is 4.49. The summed E-state index contributed by atoms with van der Waals surface area (Å²) in [6, 6.07) is 4.77. The van der Waals surface area contributed by atoms with Crippen molar-refractivity contribution in [1.29, 1.82) is 0 Å². The van der Waals surface area contributed by atoms with Gasteiger partial charge in [-0.25, -0.2) is 4.39 Å². The highest BCUT2D eigenvalue weighted by molar-refractivity contribution is 5.85. The molecule has 0 heterocycles. The minimum atomic E-state index is -0.847. The lowest BCUT2D eigenvalue weighted by Crippen LogP contribution is -2.51. The summed E-state index contributed by atoms with van der Waals surface area (Å²) in [5.74, 6) is -0.352. The predicted octanol–water partition coefficient (Wildman–Crippen LogP) is 2.01. The van der Waals surface area contributed by atoms with Crippen molar-refractivity contribution in [1.82, 2.24) is 5.32 Å². The Morgan fingerprint density at radius 3 is 2.75 bits per heavy atom. The van der Waals surface area contributed by atoms with Gasteiger partial charge in [-0.2, -0.15) is 0 Å². The fourth-order valence-electron chi connectivity index (χ4n) is 2.02. The molecule has 0 fully saturated rings. The summed E-state index contributed by atoms with van der Waals surface area (Å²) < 4.78 is 18.3. The molecule has 1 unspecified atom stereocenters. The number of halogens is 1. The van der Waals surface area contributed by atoms with Crippen molar-refractivity contribution < 1.29 is 13.9 Å². The average molecular weight is 282 g/mol. The second-order valence-corrected chi connectivity index (χ2v) is 5.14. The minimum Gasteiger partial charge on any atom is -0.494 e. The van der Waals surface area contributed by atoms with Gasteiger partial charge in [-0.3, -0.25) is 4.79 Å². The number of amides is 1. The van der Waals surface area contributed by atoms with E-state index in [1.165, 1.54) is 13.2 Å². The lowest BCUT2D eigenvalue weighted by atomic mass is 9.96. The maximum absolute atomic E-state index is 13.5.